The van der Waals surface area contributed by atoms with Gasteiger partial charge < -0.3 is 19.4 Å². The molecule has 0 amide bonds. The fourth-order valence-corrected chi connectivity index (χ4v) is 2.43. The lowest BCUT2D eigenvalue weighted by molar-refractivity contribution is 0.120. The number of aromatic amines is 2. The summed E-state index contributed by atoms with van der Waals surface area (Å²) in [4.78, 5) is 14.6. The van der Waals surface area contributed by atoms with Crippen molar-refractivity contribution in [3.63, 3.8) is 0 Å². The zero-order valence-electron chi connectivity index (χ0n) is 14.2. The molecule has 0 atom stereocenters. The first-order valence-electron chi connectivity index (χ1n) is 7.84. The molecule has 0 saturated carbocycles. The third-order valence-corrected chi connectivity index (χ3v) is 3.70. The van der Waals surface area contributed by atoms with Crippen LogP contribution in [-0.4, -0.2) is 26.7 Å². The van der Waals surface area contributed by atoms with E-state index >= 15 is 0 Å². The van der Waals surface area contributed by atoms with Gasteiger partial charge in [-0.15, -0.1) is 24.8 Å². The molecule has 6 nitrogen and oxygen atoms in total. The SMILES string of the molecule is Cl.Cl.c1c[nH]c(-c2ccc(OCOc3ccc(-c4ncc[nH]4)cc3)cc2)n1. The third-order valence-electron chi connectivity index (χ3n) is 3.70. The molecule has 0 unspecified atom stereocenters. The molecule has 0 bridgehead atoms. The Labute approximate surface area is 168 Å². The van der Waals surface area contributed by atoms with Crippen LogP contribution >= 0.6 is 24.8 Å². The molecule has 27 heavy (non-hydrogen) atoms. The standard InChI is InChI=1S/C19H16N4O2.2ClH/c1-5-16(6-2-14(1)18-20-9-10-21-18)24-13-25-17-7-3-15(4-8-17)19-22-11-12-23-19;;/h1-12H,13H2,(H,20,21)(H,22,23);2*1H. The smallest absolute Gasteiger partial charge is 0.230 e. The van der Waals surface area contributed by atoms with Crippen molar-refractivity contribution in [1.29, 1.82) is 0 Å². The van der Waals surface area contributed by atoms with E-state index < -0.39 is 0 Å². The molecule has 0 fully saturated rings. The van der Waals surface area contributed by atoms with Crippen molar-refractivity contribution in [3.8, 4) is 34.3 Å². The Balaban J connectivity index is 0.00000131. The number of halogens is 2. The molecule has 0 spiro atoms. The maximum Gasteiger partial charge on any atom is 0.230 e. The number of hydrogen-bond acceptors (Lipinski definition) is 4. The number of aromatic nitrogens is 4. The summed E-state index contributed by atoms with van der Waals surface area (Å²) < 4.78 is 11.2. The molecule has 140 valence electrons. The van der Waals surface area contributed by atoms with E-state index in [4.69, 9.17) is 9.47 Å². The molecular weight excluding hydrogens is 387 g/mol. The van der Waals surface area contributed by atoms with Crippen LogP contribution in [0.5, 0.6) is 11.5 Å². The van der Waals surface area contributed by atoms with E-state index in [1.165, 1.54) is 0 Å². The predicted molar refractivity (Wildman–Crippen MR) is 109 cm³/mol. The van der Waals surface area contributed by atoms with Crippen LogP contribution in [0.3, 0.4) is 0 Å². The van der Waals surface area contributed by atoms with Crippen LogP contribution < -0.4 is 9.47 Å². The summed E-state index contributed by atoms with van der Waals surface area (Å²) in [6.45, 7) is 0.139. The average Bonchev–Trinajstić information content (AvgIpc) is 3.37. The van der Waals surface area contributed by atoms with Gasteiger partial charge in [-0.05, 0) is 48.5 Å². The highest BCUT2D eigenvalue weighted by molar-refractivity contribution is 5.85. The van der Waals surface area contributed by atoms with E-state index in [1.54, 1.807) is 24.8 Å². The number of benzene rings is 2. The number of imidazole rings is 2. The van der Waals surface area contributed by atoms with Gasteiger partial charge in [0.1, 0.15) is 23.1 Å². The fourth-order valence-electron chi connectivity index (χ4n) is 2.43. The molecule has 0 aliphatic carbocycles. The quantitative estimate of drug-likeness (QED) is 0.455. The first-order valence-corrected chi connectivity index (χ1v) is 7.84. The van der Waals surface area contributed by atoms with Gasteiger partial charge in [0.05, 0.1) is 0 Å². The zero-order valence-corrected chi connectivity index (χ0v) is 15.8. The highest BCUT2D eigenvalue weighted by Crippen LogP contribution is 2.21. The van der Waals surface area contributed by atoms with Gasteiger partial charge >= 0.3 is 0 Å². The van der Waals surface area contributed by atoms with Crippen molar-refractivity contribution in [2.75, 3.05) is 6.79 Å². The fraction of sp³-hybridized carbons (Fsp3) is 0.0526. The molecule has 0 saturated heterocycles. The maximum absolute atomic E-state index is 5.61. The lowest BCUT2D eigenvalue weighted by Crippen LogP contribution is -2.05. The topological polar surface area (TPSA) is 75.8 Å². The monoisotopic (exact) mass is 404 g/mol. The van der Waals surface area contributed by atoms with Crippen LogP contribution in [-0.2, 0) is 0 Å². The minimum atomic E-state index is 0. The predicted octanol–water partition coefficient (Wildman–Crippen LogP) is 4.73. The number of ether oxygens (including phenoxy) is 2. The van der Waals surface area contributed by atoms with E-state index in [-0.39, 0.29) is 31.6 Å². The Morgan fingerprint density at radius 2 is 1.04 bits per heavy atom. The summed E-state index contributed by atoms with van der Waals surface area (Å²) in [5.74, 6) is 3.14. The highest BCUT2D eigenvalue weighted by atomic mass is 35.5. The number of rotatable bonds is 6. The maximum atomic E-state index is 5.61. The van der Waals surface area contributed by atoms with Crippen molar-refractivity contribution < 1.29 is 9.47 Å². The highest BCUT2D eigenvalue weighted by Gasteiger charge is 2.02. The van der Waals surface area contributed by atoms with Crippen molar-refractivity contribution in [2.24, 2.45) is 0 Å². The van der Waals surface area contributed by atoms with Crippen LogP contribution in [0.4, 0.5) is 0 Å². The van der Waals surface area contributed by atoms with Crippen molar-refractivity contribution in [1.82, 2.24) is 19.9 Å². The second-order valence-corrected chi connectivity index (χ2v) is 5.33. The molecule has 0 aliphatic heterocycles. The van der Waals surface area contributed by atoms with E-state index in [9.17, 15) is 0 Å². The summed E-state index contributed by atoms with van der Waals surface area (Å²) in [6, 6.07) is 15.4. The van der Waals surface area contributed by atoms with Gasteiger partial charge in [-0.3, -0.25) is 0 Å². The Morgan fingerprint density at radius 1 is 0.630 bits per heavy atom. The lowest BCUT2D eigenvalue weighted by Gasteiger charge is -2.09. The van der Waals surface area contributed by atoms with Crippen LogP contribution in [0.15, 0.2) is 73.3 Å². The van der Waals surface area contributed by atoms with E-state index in [1.807, 2.05) is 48.5 Å². The van der Waals surface area contributed by atoms with Crippen LogP contribution in [0.1, 0.15) is 0 Å². The average molecular weight is 405 g/mol. The van der Waals surface area contributed by atoms with Gasteiger partial charge in [0.15, 0.2) is 0 Å². The van der Waals surface area contributed by atoms with Gasteiger partial charge in [-0.2, -0.15) is 0 Å². The first-order chi connectivity index (χ1) is 12.4. The van der Waals surface area contributed by atoms with E-state index in [2.05, 4.69) is 19.9 Å². The molecule has 4 aromatic rings. The van der Waals surface area contributed by atoms with Gasteiger partial charge in [0, 0.05) is 35.9 Å². The summed E-state index contributed by atoms with van der Waals surface area (Å²) in [6.07, 6.45) is 7.05. The minimum absolute atomic E-state index is 0. The number of hydrogen-bond donors (Lipinski definition) is 2. The molecule has 2 aromatic heterocycles. The molecular formula is C19H18Cl2N4O2. The Bertz CT molecular complexity index is 832. The first kappa shape index (κ1) is 20.4. The second kappa shape index (κ2) is 9.66. The summed E-state index contributed by atoms with van der Waals surface area (Å²) in [5, 5.41) is 0. The summed E-state index contributed by atoms with van der Waals surface area (Å²) in [5.41, 5.74) is 2.01. The normalized spacial score (nSPS) is 9.78. The molecule has 2 heterocycles. The third kappa shape index (κ3) is 5.03. The second-order valence-electron chi connectivity index (χ2n) is 5.33. The largest absolute Gasteiger partial charge is 0.458 e. The molecule has 2 aromatic carbocycles. The summed E-state index contributed by atoms with van der Waals surface area (Å²) in [7, 11) is 0. The Hall–Kier alpha value is -2.96. The lowest BCUT2D eigenvalue weighted by atomic mass is 10.2. The number of nitrogens with one attached hydrogen (secondary N) is 2. The van der Waals surface area contributed by atoms with E-state index in [0.29, 0.717) is 0 Å². The van der Waals surface area contributed by atoms with Gasteiger partial charge in [-0.25, -0.2) is 9.97 Å². The van der Waals surface area contributed by atoms with Gasteiger partial charge in [0.25, 0.3) is 0 Å². The number of nitrogens with zero attached hydrogens (tertiary/aromatic N) is 2. The van der Waals surface area contributed by atoms with E-state index in [0.717, 1.165) is 34.3 Å². The molecule has 4 rings (SSSR count). The molecule has 0 radical (unpaired) electrons. The molecule has 2 N–H and O–H groups in total. The Morgan fingerprint density at radius 3 is 1.37 bits per heavy atom. The van der Waals surface area contributed by atoms with Crippen LogP contribution in [0.2, 0.25) is 0 Å². The molecule has 0 aliphatic rings. The molecule has 8 heteroatoms. The van der Waals surface area contributed by atoms with Crippen LogP contribution in [0.25, 0.3) is 22.8 Å². The number of H-pyrrole nitrogens is 2. The Kier molecular flexibility index (Phi) is 7.28. The van der Waals surface area contributed by atoms with Crippen LogP contribution in [0, 0.1) is 0 Å². The van der Waals surface area contributed by atoms with Crippen molar-refractivity contribution in [2.45, 2.75) is 0 Å². The van der Waals surface area contributed by atoms with Gasteiger partial charge in [-0.1, -0.05) is 0 Å². The summed E-state index contributed by atoms with van der Waals surface area (Å²) >= 11 is 0. The van der Waals surface area contributed by atoms with Gasteiger partial charge in [0.2, 0.25) is 6.79 Å². The minimum Gasteiger partial charge on any atom is -0.458 e. The zero-order chi connectivity index (χ0) is 16.9. The van der Waals surface area contributed by atoms with Crippen molar-refractivity contribution in [3.05, 3.63) is 73.3 Å². The van der Waals surface area contributed by atoms with Crippen molar-refractivity contribution >= 4 is 24.8 Å².